The molecule has 0 aliphatic carbocycles. The van der Waals surface area contributed by atoms with Gasteiger partial charge < -0.3 is 19.5 Å². The Morgan fingerprint density at radius 1 is 1.14 bits per heavy atom. The molecule has 11 heteroatoms. The largest absolute Gasteiger partial charge is 0.492 e. The summed E-state index contributed by atoms with van der Waals surface area (Å²) >= 11 is 1.14. The molecule has 2 aromatic heterocycles. The van der Waals surface area contributed by atoms with Crippen molar-refractivity contribution in [3.8, 4) is 17.2 Å². The number of amides is 1. The number of aromatic nitrogens is 4. The fourth-order valence-corrected chi connectivity index (χ4v) is 4.35. The smallest absolute Gasteiger partial charge is 0.282 e. The summed E-state index contributed by atoms with van der Waals surface area (Å²) in [6, 6.07) is 12.7. The van der Waals surface area contributed by atoms with Gasteiger partial charge in [0.25, 0.3) is 5.56 Å². The van der Waals surface area contributed by atoms with Gasteiger partial charge in [0.05, 0.1) is 24.6 Å². The molecule has 1 aliphatic rings. The number of rotatable bonds is 8. The van der Waals surface area contributed by atoms with Crippen LogP contribution < -0.4 is 25.1 Å². The first kappa shape index (κ1) is 22.7. The number of fused-ring (bicyclic) bond motifs is 2. The molecule has 0 bridgehead atoms. The number of carbonyl (C=O) groups is 1. The fraction of sp³-hybridized carbons (Fsp3) is 0.208. The number of nitrogens with zero attached hydrogens (tertiary/aromatic N) is 4. The zero-order chi connectivity index (χ0) is 24.2. The average Bonchev–Trinajstić information content (AvgIpc) is 3.34. The van der Waals surface area contributed by atoms with Crippen LogP contribution in [-0.2, 0) is 11.3 Å². The number of carbonyl (C=O) groups excluding carboxylic acids is 1. The van der Waals surface area contributed by atoms with Gasteiger partial charge in [0.15, 0.2) is 27.8 Å². The first-order chi connectivity index (χ1) is 17.1. The van der Waals surface area contributed by atoms with Crippen molar-refractivity contribution in [2.45, 2.75) is 18.6 Å². The van der Waals surface area contributed by atoms with Crippen LogP contribution in [-0.4, -0.2) is 44.6 Å². The minimum Gasteiger partial charge on any atom is -0.492 e. The quantitative estimate of drug-likeness (QED) is 0.293. The third kappa shape index (κ3) is 4.90. The van der Waals surface area contributed by atoms with Gasteiger partial charge in [-0.3, -0.25) is 14.2 Å². The summed E-state index contributed by atoms with van der Waals surface area (Å²) in [5.41, 5.74) is 1.44. The van der Waals surface area contributed by atoms with Crippen molar-refractivity contribution in [2.24, 2.45) is 0 Å². The summed E-state index contributed by atoms with van der Waals surface area (Å²) in [6.45, 7) is 2.73. The number of ether oxygens (including phenoxy) is 3. The van der Waals surface area contributed by atoms with Crippen molar-refractivity contribution < 1.29 is 19.0 Å². The zero-order valence-corrected chi connectivity index (χ0v) is 19.6. The topological polar surface area (TPSA) is 117 Å². The molecule has 0 spiro atoms. The third-order valence-electron chi connectivity index (χ3n) is 5.13. The molecule has 2 aromatic carbocycles. The fourth-order valence-electron chi connectivity index (χ4n) is 3.57. The number of nitrogens with one attached hydrogen (secondary N) is 1. The van der Waals surface area contributed by atoms with Gasteiger partial charge in [-0.05, 0) is 36.8 Å². The van der Waals surface area contributed by atoms with E-state index in [0.717, 1.165) is 17.3 Å². The highest BCUT2D eigenvalue weighted by Crippen LogP contribution is 2.33. The van der Waals surface area contributed by atoms with Gasteiger partial charge >= 0.3 is 0 Å². The van der Waals surface area contributed by atoms with Crippen LogP contribution in [0.3, 0.4) is 0 Å². The van der Waals surface area contributed by atoms with Gasteiger partial charge in [-0.1, -0.05) is 30.0 Å². The van der Waals surface area contributed by atoms with E-state index in [1.54, 1.807) is 18.2 Å². The highest BCUT2D eigenvalue weighted by atomic mass is 32.2. The molecule has 35 heavy (non-hydrogen) atoms. The Labute approximate surface area is 204 Å². The predicted octanol–water partition coefficient (Wildman–Crippen LogP) is 3.09. The molecule has 10 nitrogen and oxygen atoms in total. The van der Waals surface area contributed by atoms with Gasteiger partial charge in [0.2, 0.25) is 12.7 Å². The molecular formula is C24H21N5O5S. The molecule has 1 N–H and O–H groups in total. The van der Waals surface area contributed by atoms with E-state index in [0.29, 0.717) is 34.7 Å². The van der Waals surface area contributed by atoms with E-state index >= 15 is 0 Å². The van der Waals surface area contributed by atoms with Gasteiger partial charge in [-0.25, -0.2) is 15.0 Å². The van der Waals surface area contributed by atoms with Gasteiger partial charge in [-0.15, -0.1) is 0 Å². The van der Waals surface area contributed by atoms with Crippen LogP contribution in [0.1, 0.15) is 12.5 Å². The zero-order valence-electron chi connectivity index (χ0n) is 18.8. The van der Waals surface area contributed by atoms with Crippen LogP contribution in [0.2, 0.25) is 0 Å². The summed E-state index contributed by atoms with van der Waals surface area (Å²) in [6.07, 6.45) is 2.93. The molecule has 4 aromatic rings. The summed E-state index contributed by atoms with van der Waals surface area (Å²) in [5.74, 6) is 1.63. The molecule has 0 atom stereocenters. The third-order valence-corrected chi connectivity index (χ3v) is 6.11. The SMILES string of the molecule is CCOc1ccccc1NC(=O)CSc1nc2nccnc2c(=O)n1Cc1ccc2c(c1)OCO2. The highest BCUT2D eigenvalue weighted by Gasteiger charge is 2.18. The second kappa shape index (κ2) is 10.0. The molecule has 0 radical (unpaired) electrons. The number of anilines is 1. The van der Waals surface area contributed by atoms with Crippen molar-refractivity contribution in [1.82, 2.24) is 19.5 Å². The number of hydrogen-bond acceptors (Lipinski definition) is 9. The molecule has 0 unspecified atom stereocenters. The monoisotopic (exact) mass is 491 g/mol. The molecule has 0 saturated carbocycles. The van der Waals surface area contributed by atoms with Crippen LogP contribution in [0.15, 0.2) is 64.8 Å². The van der Waals surface area contributed by atoms with Gasteiger partial charge in [0, 0.05) is 12.4 Å². The van der Waals surface area contributed by atoms with E-state index in [1.807, 2.05) is 31.2 Å². The molecular weight excluding hydrogens is 470 g/mol. The molecule has 1 amide bonds. The van der Waals surface area contributed by atoms with Crippen LogP contribution in [0, 0.1) is 0 Å². The molecule has 3 heterocycles. The van der Waals surface area contributed by atoms with Crippen LogP contribution in [0.25, 0.3) is 11.2 Å². The minimum atomic E-state index is -0.342. The molecule has 0 fully saturated rings. The second-order valence-electron chi connectivity index (χ2n) is 7.47. The summed E-state index contributed by atoms with van der Waals surface area (Å²) in [5, 5.41) is 3.21. The molecule has 178 valence electrons. The Balaban J connectivity index is 1.41. The van der Waals surface area contributed by atoms with E-state index in [4.69, 9.17) is 14.2 Å². The summed E-state index contributed by atoms with van der Waals surface area (Å²) in [4.78, 5) is 38.8. The maximum Gasteiger partial charge on any atom is 0.282 e. The lowest BCUT2D eigenvalue weighted by atomic mass is 10.2. The lowest BCUT2D eigenvalue weighted by Gasteiger charge is -2.14. The Morgan fingerprint density at radius 2 is 1.97 bits per heavy atom. The standard InChI is InChI=1S/C24H21N5O5S/c1-2-32-17-6-4-3-5-16(17)27-20(30)13-35-24-28-22-21(25-9-10-26-22)23(31)29(24)12-15-7-8-18-19(11-15)34-14-33-18/h3-11H,2,12-14H2,1H3,(H,27,30). The predicted molar refractivity (Wildman–Crippen MR) is 130 cm³/mol. The maximum atomic E-state index is 13.3. The Morgan fingerprint density at radius 3 is 2.86 bits per heavy atom. The average molecular weight is 492 g/mol. The van der Waals surface area contributed by atoms with Crippen molar-refractivity contribution >= 4 is 34.5 Å². The second-order valence-corrected chi connectivity index (χ2v) is 8.41. The van der Waals surface area contributed by atoms with E-state index in [1.165, 1.54) is 17.0 Å². The van der Waals surface area contributed by atoms with Crippen molar-refractivity contribution in [1.29, 1.82) is 0 Å². The Hall–Kier alpha value is -4.12. The Kier molecular flexibility index (Phi) is 6.49. The van der Waals surface area contributed by atoms with E-state index in [9.17, 15) is 9.59 Å². The van der Waals surface area contributed by atoms with E-state index in [2.05, 4.69) is 20.3 Å². The van der Waals surface area contributed by atoms with Gasteiger partial charge in [-0.2, -0.15) is 0 Å². The number of benzene rings is 2. The van der Waals surface area contributed by atoms with Gasteiger partial charge in [0.1, 0.15) is 5.75 Å². The number of hydrogen-bond donors (Lipinski definition) is 1. The number of thioether (sulfide) groups is 1. The van der Waals surface area contributed by atoms with Crippen LogP contribution >= 0.6 is 11.8 Å². The first-order valence-electron chi connectivity index (χ1n) is 10.9. The maximum absolute atomic E-state index is 13.3. The minimum absolute atomic E-state index is 0.0276. The van der Waals surface area contributed by atoms with Crippen molar-refractivity contribution in [2.75, 3.05) is 24.5 Å². The lowest BCUT2D eigenvalue weighted by Crippen LogP contribution is -2.26. The molecule has 5 rings (SSSR count). The van der Waals surface area contributed by atoms with Crippen molar-refractivity contribution in [3.63, 3.8) is 0 Å². The van der Waals surface area contributed by atoms with E-state index in [-0.39, 0.29) is 41.7 Å². The van der Waals surface area contributed by atoms with Crippen LogP contribution in [0.5, 0.6) is 17.2 Å². The Bertz CT molecular complexity index is 1460. The molecule has 1 aliphatic heterocycles. The highest BCUT2D eigenvalue weighted by molar-refractivity contribution is 7.99. The van der Waals surface area contributed by atoms with Crippen LogP contribution in [0.4, 0.5) is 5.69 Å². The molecule has 0 saturated heterocycles. The summed E-state index contributed by atoms with van der Waals surface area (Å²) in [7, 11) is 0. The normalized spacial score (nSPS) is 12.0. The number of para-hydroxylation sites is 2. The first-order valence-corrected chi connectivity index (χ1v) is 11.9. The van der Waals surface area contributed by atoms with E-state index < -0.39 is 0 Å². The van der Waals surface area contributed by atoms with Crippen molar-refractivity contribution in [3.05, 3.63) is 70.8 Å². The lowest BCUT2D eigenvalue weighted by molar-refractivity contribution is -0.113. The summed E-state index contributed by atoms with van der Waals surface area (Å²) < 4.78 is 17.9.